The van der Waals surface area contributed by atoms with Crippen LogP contribution in [0, 0.1) is 0 Å². The van der Waals surface area contributed by atoms with Crippen LogP contribution in [0.2, 0.25) is 0 Å². The summed E-state index contributed by atoms with van der Waals surface area (Å²) in [6, 6.07) is 10.4. The molecule has 0 atom stereocenters. The van der Waals surface area contributed by atoms with E-state index in [-0.39, 0.29) is 6.42 Å². The number of carboxylic acid groups (broad SMARTS) is 1. The molecule has 0 unspecified atom stereocenters. The highest BCUT2D eigenvalue weighted by molar-refractivity contribution is 5.66. The monoisotopic (exact) mass is 218 g/mol. The zero-order valence-electron chi connectivity index (χ0n) is 9.43. The standard InChI is InChI=1S/C14H18O2/c15-14(16)12-8-3-1-2-5-9-13-10-6-4-7-11-13/h1,3-4,6-7,10-11H,2,5,8-9,12H2,(H,15,16)/b3-1+. The molecule has 0 heterocycles. The summed E-state index contributed by atoms with van der Waals surface area (Å²) in [5.41, 5.74) is 1.36. The molecule has 0 saturated heterocycles. The van der Waals surface area contributed by atoms with Crippen LogP contribution in [0.3, 0.4) is 0 Å². The molecule has 0 saturated carbocycles. The van der Waals surface area contributed by atoms with Crippen molar-refractivity contribution in [3.63, 3.8) is 0 Å². The van der Waals surface area contributed by atoms with Crippen molar-refractivity contribution in [2.75, 3.05) is 0 Å². The average Bonchev–Trinajstić information content (AvgIpc) is 2.29. The molecular formula is C14H18O2. The third kappa shape index (κ3) is 6.02. The van der Waals surface area contributed by atoms with Crippen LogP contribution in [0.25, 0.3) is 0 Å². The third-order valence-electron chi connectivity index (χ3n) is 2.37. The topological polar surface area (TPSA) is 37.3 Å². The zero-order valence-corrected chi connectivity index (χ0v) is 9.43. The Balaban J connectivity index is 2.06. The van der Waals surface area contributed by atoms with Gasteiger partial charge in [-0.05, 0) is 31.2 Å². The average molecular weight is 218 g/mol. The minimum Gasteiger partial charge on any atom is -0.481 e. The van der Waals surface area contributed by atoms with E-state index < -0.39 is 5.97 Å². The summed E-state index contributed by atoms with van der Waals surface area (Å²) in [7, 11) is 0. The van der Waals surface area contributed by atoms with Crippen molar-refractivity contribution in [1.82, 2.24) is 0 Å². The second-order valence-electron chi connectivity index (χ2n) is 3.78. The molecule has 1 aromatic carbocycles. The molecule has 0 spiro atoms. The van der Waals surface area contributed by atoms with E-state index in [4.69, 9.17) is 5.11 Å². The molecule has 1 rings (SSSR count). The summed E-state index contributed by atoms with van der Waals surface area (Å²) < 4.78 is 0. The minimum absolute atomic E-state index is 0.231. The summed E-state index contributed by atoms with van der Waals surface area (Å²) in [6.07, 6.45) is 8.13. The Bertz CT molecular complexity index is 328. The smallest absolute Gasteiger partial charge is 0.303 e. The number of aryl methyl sites for hydroxylation is 1. The number of hydrogen-bond donors (Lipinski definition) is 1. The van der Waals surface area contributed by atoms with Crippen LogP contribution in [0.4, 0.5) is 0 Å². The highest BCUT2D eigenvalue weighted by Gasteiger charge is 1.92. The normalized spacial score (nSPS) is 10.8. The van der Waals surface area contributed by atoms with E-state index in [0.29, 0.717) is 6.42 Å². The van der Waals surface area contributed by atoms with Crippen molar-refractivity contribution in [2.24, 2.45) is 0 Å². The lowest BCUT2D eigenvalue weighted by molar-refractivity contribution is -0.136. The van der Waals surface area contributed by atoms with E-state index in [2.05, 4.69) is 30.3 Å². The molecule has 0 aromatic heterocycles. The number of carboxylic acids is 1. The Morgan fingerprint density at radius 3 is 2.50 bits per heavy atom. The zero-order chi connectivity index (χ0) is 11.6. The number of unbranched alkanes of at least 4 members (excludes halogenated alkanes) is 1. The van der Waals surface area contributed by atoms with Gasteiger partial charge in [-0.25, -0.2) is 0 Å². The maximum Gasteiger partial charge on any atom is 0.303 e. The largest absolute Gasteiger partial charge is 0.481 e. The second kappa shape index (κ2) is 7.69. The highest BCUT2D eigenvalue weighted by Crippen LogP contribution is 2.05. The Kier molecular flexibility index (Phi) is 6.00. The Morgan fingerprint density at radius 1 is 1.12 bits per heavy atom. The Morgan fingerprint density at radius 2 is 1.81 bits per heavy atom. The molecule has 0 aliphatic heterocycles. The molecule has 0 bridgehead atoms. The van der Waals surface area contributed by atoms with E-state index in [1.807, 2.05) is 12.1 Å². The van der Waals surface area contributed by atoms with Crippen molar-refractivity contribution >= 4 is 5.97 Å². The molecule has 0 radical (unpaired) electrons. The number of carbonyl (C=O) groups is 1. The van der Waals surface area contributed by atoms with E-state index in [0.717, 1.165) is 19.3 Å². The van der Waals surface area contributed by atoms with Crippen molar-refractivity contribution < 1.29 is 9.90 Å². The summed E-state index contributed by atoms with van der Waals surface area (Å²) in [5.74, 6) is -0.728. The van der Waals surface area contributed by atoms with E-state index in [1.54, 1.807) is 0 Å². The number of benzene rings is 1. The molecule has 2 heteroatoms. The molecule has 1 aromatic rings. The molecule has 1 N–H and O–H groups in total. The molecule has 2 nitrogen and oxygen atoms in total. The van der Waals surface area contributed by atoms with Crippen LogP contribution >= 0.6 is 0 Å². The van der Waals surface area contributed by atoms with E-state index in [1.165, 1.54) is 5.56 Å². The lowest BCUT2D eigenvalue weighted by Crippen LogP contribution is -1.91. The van der Waals surface area contributed by atoms with E-state index >= 15 is 0 Å². The summed E-state index contributed by atoms with van der Waals surface area (Å²) in [6.45, 7) is 0. The SMILES string of the molecule is O=C(O)CC/C=C/CCCc1ccccc1. The van der Waals surface area contributed by atoms with Crippen LogP contribution in [0.5, 0.6) is 0 Å². The summed E-state index contributed by atoms with van der Waals surface area (Å²) >= 11 is 0. The quantitative estimate of drug-likeness (QED) is 0.562. The van der Waals surface area contributed by atoms with Crippen molar-refractivity contribution in [2.45, 2.75) is 32.1 Å². The maximum absolute atomic E-state index is 10.2. The predicted molar refractivity (Wildman–Crippen MR) is 65.4 cm³/mol. The van der Waals surface area contributed by atoms with Gasteiger partial charge in [-0.3, -0.25) is 4.79 Å². The maximum atomic E-state index is 10.2. The first-order valence-corrected chi connectivity index (χ1v) is 5.70. The molecule has 16 heavy (non-hydrogen) atoms. The van der Waals surface area contributed by atoms with Crippen LogP contribution in [-0.4, -0.2) is 11.1 Å². The molecule has 0 fully saturated rings. The van der Waals surface area contributed by atoms with Gasteiger partial charge in [-0.15, -0.1) is 0 Å². The molecule has 0 aliphatic carbocycles. The number of aliphatic carboxylic acids is 1. The van der Waals surface area contributed by atoms with Gasteiger partial charge >= 0.3 is 5.97 Å². The fourth-order valence-electron chi connectivity index (χ4n) is 1.51. The number of allylic oxidation sites excluding steroid dienone is 2. The van der Waals surface area contributed by atoms with Gasteiger partial charge in [-0.1, -0.05) is 42.5 Å². The number of rotatable bonds is 7. The molecular weight excluding hydrogens is 200 g/mol. The minimum atomic E-state index is -0.728. The molecule has 0 aliphatic rings. The highest BCUT2D eigenvalue weighted by atomic mass is 16.4. The lowest BCUT2D eigenvalue weighted by Gasteiger charge is -1.97. The van der Waals surface area contributed by atoms with Gasteiger partial charge < -0.3 is 5.11 Å². The Hall–Kier alpha value is -1.57. The first-order valence-electron chi connectivity index (χ1n) is 5.70. The second-order valence-corrected chi connectivity index (χ2v) is 3.78. The lowest BCUT2D eigenvalue weighted by atomic mass is 10.1. The van der Waals surface area contributed by atoms with Crippen LogP contribution in [0.1, 0.15) is 31.2 Å². The van der Waals surface area contributed by atoms with Gasteiger partial charge in [0.25, 0.3) is 0 Å². The number of hydrogen-bond acceptors (Lipinski definition) is 1. The van der Waals surface area contributed by atoms with Crippen molar-refractivity contribution in [3.05, 3.63) is 48.0 Å². The van der Waals surface area contributed by atoms with Gasteiger partial charge in [0.1, 0.15) is 0 Å². The summed E-state index contributed by atoms with van der Waals surface area (Å²) in [4.78, 5) is 10.2. The van der Waals surface area contributed by atoms with Gasteiger partial charge in [0, 0.05) is 6.42 Å². The fourth-order valence-corrected chi connectivity index (χ4v) is 1.51. The van der Waals surface area contributed by atoms with Gasteiger partial charge in [0.05, 0.1) is 0 Å². The first kappa shape index (κ1) is 12.5. The van der Waals surface area contributed by atoms with Gasteiger partial charge in [0.15, 0.2) is 0 Å². The van der Waals surface area contributed by atoms with Gasteiger partial charge in [0.2, 0.25) is 0 Å². The molecule has 0 amide bonds. The molecule has 86 valence electrons. The van der Waals surface area contributed by atoms with Gasteiger partial charge in [-0.2, -0.15) is 0 Å². The third-order valence-corrected chi connectivity index (χ3v) is 2.37. The first-order chi connectivity index (χ1) is 7.79. The van der Waals surface area contributed by atoms with Crippen LogP contribution in [-0.2, 0) is 11.2 Å². The fraction of sp³-hybridized carbons (Fsp3) is 0.357. The van der Waals surface area contributed by atoms with E-state index in [9.17, 15) is 4.79 Å². The van der Waals surface area contributed by atoms with Crippen LogP contribution < -0.4 is 0 Å². The Labute approximate surface area is 96.6 Å². The van der Waals surface area contributed by atoms with Crippen molar-refractivity contribution in [1.29, 1.82) is 0 Å². The van der Waals surface area contributed by atoms with Crippen molar-refractivity contribution in [3.8, 4) is 0 Å². The summed E-state index contributed by atoms with van der Waals surface area (Å²) in [5, 5.41) is 8.43. The van der Waals surface area contributed by atoms with Crippen LogP contribution in [0.15, 0.2) is 42.5 Å². The predicted octanol–water partition coefficient (Wildman–Crippen LogP) is 3.43.